The van der Waals surface area contributed by atoms with Gasteiger partial charge in [-0.15, -0.1) is 0 Å². The fraction of sp³-hybridized carbons (Fsp3) is 0.0909. The fourth-order valence-electron chi connectivity index (χ4n) is 0.985. The smallest absolute Gasteiger partial charge is 0.248 e. The Bertz CT molecular complexity index is 368. The topological polar surface area (TPSA) is 55.4 Å². The molecule has 4 heteroatoms. The molecule has 15 heavy (non-hydrogen) atoms. The first kappa shape index (κ1) is 11.0. The van der Waals surface area contributed by atoms with Gasteiger partial charge in [0.2, 0.25) is 5.91 Å². The molecule has 0 aliphatic heterocycles. The van der Waals surface area contributed by atoms with Gasteiger partial charge in [0.15, 0.2) is 0 Å². The molecular formula is C11H11NO3. The van der Waals surface area contributed by atoms with Crippen LogP contribution in [0, 0.1) is 0 Å². The lowest BCUT2D eigenvalue weighted by Crippen LogP contribution is -2.07. The van der Waals surface area contributed by atoms with E-state index in [1.54, 1.807) is 31.4 Å². The molecule has 0 unspecified atom stereocenters. The van der Waals surface area contributed by atoms with Crippen LogP contribution < -0.4 is 10.1 Å². The number of carbonyl (C=O) groups is 2. The van der Waals surface area contributed by atoms with Crippen molar-refractivity contribution in [3.05, 3.63) is 36.4 Å². The second-order valence-electron chi connectivity index (χ2n) is 2.71. The van der Waals surface area contributed by atoms with Crippen molar-refractivity contribution in [2.45, 2.75) is 0 Å². The van der Waals surface area contributed by atoms with E-state index in [0.29, 0.717) is 12.0 Å². The lowest BCUT2D eigenvalue weighted by molar-refractivity contribution is -0.112. The van der Waals surface area contributed by atoms with Crippen molar-refractivity contribution < 1.29 is 14.3 Å². The van der Waals surface area contributed by atoms with Gasteiger partial charge in [0.1, 0.15) is 12.0 Å². The van der Waals surface area contributed by atoms with Gasteiger partial charge in [-0.3, -0.25) is 9.59 Å². The molecule has 0 spiro atoms. The number of nitrogens with one attached hydrogen (secondary N) is 1. The molecule has 0 saturated carbocycles. The Morgan fingerprint density at radius 1 is 1.33 bits per heavy atom. The van der Waals surface area contributed by atoms with Crippen molar-refractivity contribution in [3.8, 4) is 5.75 Å². The molecule has 1 amide bonds. The molecule has 1 aromatic carbocycles. The summed E-state index contributed by atoms with van der Waals surface area (Å²) < 4.78 is 4.97. The Morgan fingerprint density at radius 3 is 2.53 bits per heavy atom. The first-order valence-corrected chi connectivity index (χ1v) is 4.33. The minimum Gasteiger partial charge on any atom is -0.497 e. The third-order valence-electron chi connectivity index (χ3n) is 1.68. The maximum atomic E-state index is 11.1. The summed E-state index contributed by atoms with van der Waals surface area (Å²) in [6.07, 6.45) is 2.85. The minimum absolute atomic E-state index is 0.340. The first-order chi connectivity index (χ1) is 7.26. The Hall–Kier alpha value is -2.10. The van der Waals surface area contributed by atoms with Crippen molar-refractivity contribution in [3.63, 3.8) is 0 Å². The summed E-state index contributed by atoms with van der Waals surface area (Å²) in [5.41, 5.74) is 0.649. The van der Waals surface area contributed by atoms with E-state index in [2.05, 4.69) is 5.32 Å². The molecule has 1 rings (SSSR count). The van der Waals surface area contributed by atoms with Gasteiger partial charge in [-0.2, -0.15) is 0 Å². The van der Waals surface area contributed by atoms with Crippen molar-refractivity contribution in [1.29, 1.82) is 0 Å². The number of hydrogen-bond acceptors (Lipinski definition) is 3. The largest absolute Gasteiger partial charge is 0.497 e. The Morgan fingerprint density at radius 2 is 2.00 bits per heavy atom. The first-order valence-electron chi connectivity index (χ1n) is 4.33. The van der Waals surface area contributed by atoms with Gasteiger partial charge in [0.05, 0.1) is 7.11 Å². The lowest BCUT2D eigenvalue weighted by atomic mass is 10.3. The standard InChI is InChI=1S/C11H11NO3/c1-15-10-6-4-9(5-7-10)12-11(14)3-2-8-13/h2-8H,1H3,(H,12,14). The van der Waals surface area contributed by atoms with Crippen LogP contribution in [0.25, 0.3) is 0 Å². The molecule has 0 aliphatic rings. The number of hydrogen-bond donors (Lipinski definition) is 1. The molecule has 4 nitrogen and oxygen atoms in total. The maximum Gasteiger partial charge on any atom is 0.248 e. The van der Waals surface area contributed by atoms with Crippen molar-refractivity contribution >= 4 is 17.9 Å². The second kappa shape index (κ2) is 5.59. The van der Waals surface area contributed by atoms with Crippen LogP contribution in [-0.4, -0.2) is 19.3 Å². The van der Waals surface area contributed by atoms with Gasteiger partial charge in [-0.25, -0.2) is 0 Å². The molecule has 0 aromatic heterocycles. The minimum atomic E-state index is -0.340. The highest BCUT2D eigenvalue weighted by atomic mass is 16.5. The van der Waals surface area contributed by atoms with E-state index in [9.17, 15) is 9.59 Å². The lowest BCUT2D eigenvalue weighted by Gasteiger charge is -2.03. The zero-order chi connectivity index (χ0) is 11.1. The fourth-order valence-corrected chi connectivity index (χ4v) is 0.985. The van der Waals surface area contributed by atoms with Gasteiger partial charge >= 0.3 is 0 Å². The SMILES string of the molecule is COc1ccc(NC(=O)C=CC=O)cc1. The Labute approximate surface area is 87.6 Å². The van der Waals surface area contributed by atoms with E-state index >= 15 is 0 Å². The summed E-state index contributed by atoms with van der Waals surface area (Å²) in [5, 5.41) is 2.59. The number of benzene rings is 1. The molecule has 0 atom stereocenters. The van der Waals surface area contributed by atoms with E-state index in [0.717, 1.165) is 17.9 Å². The van der Waals surface area contributed by atoms with Crippen molar-refractivity contribution in [1.82, 2.24) is 0 Å². The number of aldehydes is 1. The van der Waals surface area contributed by atoms with Crippen LogP contribution in [0.5, 0.6) is 5.75 Å². The molecule has 0 aliphatic carbocycles. The molecule has 0 heterocycles. The van der Waals surface area contributed by atoms with Gasteiger partial charge in [-0.05, 0) is 30.3 Å². The highest BCUT2D eigenvalue weighted by molar-refractivity contribution is 6.01. The summed E-state index contributed by atoms with van der Waals surface area (Å²) >= 11 is 0. The second-order valence-corrected chi connectivity index (χ2v) is 2.71. The average Bonchev–Trinajstić information content (AvgIpc) is 2.27. The van der Waals surface area contributed by atoms with Crippen LogP contribution >= 0.6 is 0 Å². The molecule has 0 bridgehead atoms. The number of rotatable bonds is 4. The van der Waals surface area contributed by atoms with Crippen LogP contribution in [0.1, 0.15) is 0 Å². The number of anilines is 1. The van der Waals surface area contributed by atoms with Crippen LogP contribution in [0.15, 0.2) is 36.4 Å². The Kier molecular flexibility index (Phi) is 4.09. The molecular weight excluding hydrogens is 194 g/mol. The van der Waals surface area contributed by atoms with E-state index in [4.69, 9.17) is 4.74 Å². The molecule has 0 saturated heterocycles. The zero-order valence-corrected chi connectivity index (χ0v) is 8.27. The highest BCUT2D eigenvalue weighted by Gasteiger charge is 1.97. The maximum absolute atomic E-state index is 11.1. The molecule has 1 N–H and O–H groups in total. The van der Waals surface area contributed by atoms with E-state index in [1.165, 1.54) is 0 Å². The Balaban J connectivity index is 2.60. The zero-order valence-electron chi connectivity index (χ0n) is 8.27. The molecule has 0 fully saturated rings. The average molecular weight is 205 g/mol. The van der Waals surface area contributed by atoms with Gasteiger partial charge in [-0.1, -0.05) is 0 Å². The van der Waals surface area contributed by atoms with Crippen LogP contribution in [0.4, 0.5) is 5.69 Å². The normalized spacial score (nSPS) is 9.93. The number of methoxy groups -OCH3 is 1. The third kappa shape index (κ3) is 3.64. The van der Waals surface area contributed by atoms with Crippen molar-refractivity contribution in [2.24, 2.45) is 0 Å². The summed E-state index contributed by atoms with van der Waals surface area (Å²) in [6.45, 7) is 0. The van der Waals surface area contributed by atoms with Gasteiger partial charge < -0.3 is 10.1 Å². The van der Waals surface area contributed by atoms with Crippen LogP contribution in [-0.2, 0) is 9.59 Å². The van der Waals surface area contributed by atoms with Crippen molar-refractivity contribution in [2.75, 3.05) is 12.4 Å². The van der Waals surface area contributed by atoms with Crippen LogP contribution in [0.3, 0.4) is 0 Å². The summed E-state index contributed by atoms with van der Waals surface area (Å²) in [7, 11) is 1.57. The summed E-state index contributed by atoms with van der Waals surface area (Å²) in [6, 6.07) is 6.90. The van der Waals surface area contributed by atoms with Gasteiger partial charge in [0, 0.05) is 11.8 Å². The summed E-state index contributed by atoms with van der Waals surface area (Å²) in [4.78, 5) is 21.1. The predicted octanol–water partition coefficient (Wildman–Crippen LogP) is 1.39. The molecule has 0 radical (unpaired) electrons. The molecule has 1 aromatic rings. The van der Waals surface area contributed by atoms with E-state index in [-0.39, 0.29) is 5.91 Å². The molecule has 78 valence electrons. The number of allylic oxidation sites excluding steroid dienone is 1. The monoisotopic (exact) mass is 205 g/mol. The quantitative estimate of drug-likeness (QED) is 0.597. The predicted molar refractivity (Wildman–Crippen MR) is 56.8 cm³/mol. The van der Waals surface area contributed by atoms with Crippen LogP contribution in [0.2, 0.25) is 0 Å². The number of carbonyl (C=O) groups excluding carboxylic acids is 2. The third-order valence-corrected chi connectivity index (χ3v) is 1.68. The summed E-state index contributed by atoms with van der Waals surface area (Å²) in [5.74, 6) is 0.378. The number of ether oxygens (including phenoxy) is 1. The number of amides is 1. The highest BCUT2D eigenvalue weighted by Crippen LogP contribution is 2.14. The van der Waals surface area contributed by atoms with Gasteiger partial charge in [0.25, 0.3) is 0 Å². The van der Waals surface area contributed by atoms with E-state index in [1.807, 2.05) is 0 Å². The van der Waals surface area contributed by atoms with E-state index < -0.39 is 0 Å².